The van der Waals surface area contributed by atoms with E-state index >= 15 is 4.39 Å². The monoisotopic (exact) mass is 502 g/mol. The van der Waals surface area contributed by atoms with E-state index < -0.39 is 0 Å². The molecule has 3 aliphatic rings. The summed E-state index contributed by atoms with van der Waals surface area (Å²) in [7, 11) is 0. The molecule has 1 aromatic carbocycles. The van der Waals surface area contributed by atoms with Gasteiger partial charge in [0.15, 0.2) is 11.6 Å². The van der Waals surface area contributed by atoms with Gasteiger partial charge in [-0.2, -0.15) is 0 Å². The highest BCUT2D eigenvalue weighted by molar-refractivity contribution is 5.96. The van der Waals surface area contributed by atoms with Crippen LogP contribution in [0, 0.1) is 17.7 Å². The number of likely N-dealkylation sites (tertiary alicyclic amines) is 1. The number of rotatable bonds is 5. The molecule has 8 nitrogen and oxygen atoms in total. The summed E-state index contributed by atoms with van der Waals surface area (Å²) in [6.45, 7) is 7.56. The van der Waals surface area contributed by atoms with Crippen LogP contribution in [0.5, 0.6) is 0 Å². The molecule has 0 spiro atoms. The lowest BCUT2D eigenvalue weighted by atomic mass is 9.81. The first kappa shape index (κ1) is 23.0. The number of hydrogen-bond donors (Lipinski definition) is 1. The molecule has 1 N–H and O–H groups in total. The minimum absolute atomic E-state index is 0.333. The Morgan fingerprint density at radius 2 is 1.70 bits per heavy atom. The molecule has 9 heteroatoms. The molecule has 4 aromatic rings. The summed E-state index contributed by atoms with van der Waals surface area (Å²) in [5.41, 5.74) is 3.79. The van der Waals surface area contributed by atoms with E-state index in [1.807, 2.05) is 18.3 Å². The number of anilines is 1. The van der Waals surface area contributed by atoms with Crippen molar-refractivity contribution < 1.29 is 13.9 Å². The third-order valence-electron chi connectivity index (χ3n) is 8.10. The molecule has 0 unspecified atom stereocenters. The first-order valence-corrected chi connectivity index (χ1v) is 13.3. The van der Waals surface area contributed by atoms with Crippen molar-refractivity contribution >= 4 is 27.8 Å². The Balaban J connectivity index is 1.22. The van der Waals surface area contributed by atoms with Gasteiger partial charge in [0.05, 0.1) is 30.0 Å². The third kappa shape index (κ3) is 4.35. The largest absolute Gasteiger partial charge is 0.381 e. The summed E-state index contributed by atoms with van der Waals surface area (Å²) >= 11 is 0. The molecule has 37 heavy (non-hydrogen) atoms. The predicted molar refractivity (Wildman–Crippen MR) is 140 cm³/mol. The lowest BCUT2D eigenvalue weighted by Gasteiger charge is -2.44. The Hall–Kier alpha value is -3.14. The van der Waals surface area contributed by atoms with Crippen LogP contribution in [0.25, 0.3) is 33.3 Å². The van der Waals surface area contributed by atoms with Gasteiger partial charge in [-0.25, -0.2) is 19.3 Å². The molecule has 0 saturated carbocycles. The molecule has 0 amide bonds. The lowest BCUT2D eigenvalue weighted by molar-refractivity contribution is -0.0108. The molecule has 0 bridgehead atoms. The maximum Gasteiger partial charge on any atom is 0.165 e. The van der Waals surface area contributed by atoms with Crippen LogP contribution in [0.15, 0.2) is 36.5 Å². The fourth-order valence-electron chi connectivity index (χ4n) is 6.02. The Bertz CT molecular complexity index is 1420. The summed E-state index contributed by atoms with van der Waals surface area (Å²) < 4.78 is 26.2. The zero-order valence-electron chi connectivity index (χ0n) is 20.8. The minimum atomic E-state index is -0.333. The maximum absolute atomic E-state index is 15.1. The fourth-order valence-corrected chi connectivity index (χ4v) is 6.02. The van der Waals surface area contributed by atoms with Gasteiger partial charge >= 0.3 is 0 Å². The van der Waals surface area contributed by atoms with Gasteiger partial charge in [-0.1, -0.05) is 0 Å². The second kappa shape index (κ2) is 9.63. The average molecular weight is 503 g/mol. The highest BCUT2D eigenvalue weighted by Gasteiger charge is 2.34. The molecule has 192 valence electrons. The standard InChI is InChI=1S/C28H31FN6O2/c29-22-2-4-23-21(5-8-30-23)25(22)27-32-24-3-1-20(17-34-15-19(16-34)18-6-11-36-12-7-18)31-26(24)28(33-27)35-9-13-37-14-10-35/h1-5,8,18-19,30H,6-7,9-17H2. The number of ether oxygens (including phenoxy) is 2. The van der Waals surface area contributed by atoms with Crippen LogP contribution < -0.4 is 4.90 Å². The highest BCUT2D eigenvalue weighted by atomic mass is 19.1. The number of nitrogens with one attached hydrogen (secondary N) is 1. The van der Waals surface area contributed by atoms with Gasteiger partial charge in [0, 0.05) is 63.0 Å². The maximum atomic E-state index is 15.1. The van der Waals surface area contributed by atoms with Crippen LogP contribution in [-0.2, 0) is 16.0 Å². The van der Waals surface area contributed by atoms with Crippen molar-refractivity contribution in [3.63, 3.8) is 0 Å². The topological polar surface area (TPSA) is 79.4 Å². The number of nitrogens with zero attached hydrogens (tertiary/aromatic N) is 5. The molecule has 3 saturated heterocycles. The smallest absolute Gasteiger partial charge is 0.165 e. The van der Waals surface area contributed by atoms with Gasteiger partial charge in [0.2, 0.25) is 0 Å². The van der Waals surface area contributed by atoms with Crippen LogP contribution in [0.3, 0.4) is 0 Å². The SMILES string of the molecule is Fc1ccc2[nH]ccc2c1-c1nc(N2CCOCC2)c2nc(CN3CC(C4CCOCC4)C3)ccc2n1. The van der Waals surface area contributed by atoms with Crippen LogP contribution in [0.2, 0.25) is 0 Å². The summed E-state index contributed by atoms with van der Waals surface area (Å²) in [5.74, 6) is 2.36. The van der Waals surface area contributed by atoms with Crippen LogP contribution in [0.1, 0.15) is 18.5 Å². The number of pyridine rings is 1. The molecule has 7 rings (SSSR count). The Kier molecular flexibility index (Phi) is 5.99. The first-order valence-electron chi connectivity index (χ1n) is 13.3. The average Bonchev–Trinajstić information content (AvgIpc) is 3.39. The number of aromatic nitrogens is 4. The van der Waals surface area contributed by atoms with Crippen molar-refractivity contribution in [1.82, 2.24) is 24.8 Å². The van der Waals surface area contributed by atoms with Crippen molar-refractivity contribution in [1.29, 1.82) is 0 Å². The number of halogens is 1. The Morgan fingerprint density at radius 1 is 0.892 bits per heavy atom. The van der Waals surface area contributed by atoms with Gasteiger partial charge in [-0.05, 0) is 55.0 Å². The molecular weight excluding hydrogens is 471 g/mol. The summed E-state index contributed by atoms with van der Waals surface area (Å²) in [6, 6.07) is 9.15. The van der Waals surface area contributed by atoms with Crippen molar-refractivity contribution in [2.75, 3.05) is 57.5 Å². The van der Waals surface area contributed by atoms with E-state index in [-0.39, 0.29) is 5.82 Å². The van der Waals surface area contributed by atoms with Crippen molar-refractivity contribution in [3.05, 3.63) is 48.0 Å². The second-order valence-electron chi connectivity index (χ2n) is 10.4. The first-order chi connectivity index (χ1) is 18.2. The molecule has 3 aliphatic heterocycles. The lowest BCUT2D eigenvalue weighted by Crippen LogP contribution is -2.50. The van der Waals surface area contributed by atoms with Crippen LogP contribution >= 0.6 is 0 Å². The Morgan fingerprint density at radius 3 is 2.54 bits per heavy atom. The number of benzene rings is 1. The van der Waals surface area contributed by atoms with Gasteiger partial charge in [-0.3, -0.25) is 4.90 Å². The fraction of sp³-hybridized carbons (Fsp3) is 0.464. The van der Waals surface area contributed by atoms with Crippen LogP contribution in [-0.4, -0.2) is 77.4 Å². The summed E-state index contributed by atoms with van der Waals surface area (Å²) in [5, 5.41) is 0.772. The van der Waals surface area contributed by atoms with Crippen LogP contribution in [0.4, 0.5) is 10.2 Å². The molecule has 6 heterocycles. The summed E-state index contributed by atoms with van der Waals surface area (Å²) in [6.07, 6.45) is 4.19. The molecule has 0 atom stereocenters. The van der Waals surface area contributed by atoms with Gasteiger partial charge < -0.3 is 19.4 Å². The minimum Gasteiger partial charge on any atom is -0.381 e. The van der Waals surface area contributed by atoms with E-state index in [9.17, 15) is 0 Å². The second-order valence-corrected chi connectivity index (χ2v) is 10.4. The number of hydrogen-bond acceptors (Lipinski definition) is 7. The van der Waals surface area contributed by atoms with Gasteiger partial charge in [0.25, 0.3) is 0 Å². The molecule has 3 aromatic heterocycles. The number of morpholine rings is 1. The normalized spacial score (nSPS) is 20.1. The van der Waals surface area contributed by atoms with Crippen molar-refractivity contribution in [2.24, 2.45) is 11.8 Å². The third-order valence-corrected chi connectivity index (χ3v) is 8.10. The zero-order chi connectivity index (χ0) is 24.8. The Labute approximate surface area is 214 Å². The van der Waals surface area contributed by atoms with Gasteiger partial charge in [0.1, 0.15) is 11.3 Å². The number of fused-ring (bicyclic) bond motifs is 2. The van der Waals surface area contributed by atoms with Gasteiger partial charge in [-0.15, -0.1) is 0 Å². The predicted octanol–water partition coefficient (Wildman–Crippen LogP) is 4.01. The molecule has 3 fully saturated rings. The van der Waals surface area contributed by atoms with E-state index in [4.69, 9.17) is 24.4 Å². The van der Waals surface area contributed by atoms with E-state index in [1.165, 1.54) is 18.9 Å². The van der Waals surface area contributed by atoms with E-state index in [2.05, 4.69) is 20.9 Å². The molecule has 0 radical (unpaired) electrons. The van der Waals surface area contributed by atoms with Crippen molar-refractivity contribution in [3.8, 4) is 11.4 Å². The molecule has 0 aliphatic carbocycles. The molecular formula is C28H31FN6O2. The van der Waals surface area contributed by atoms with E-state index in [0.717, 1.165) is 78.1 Å². The van der Waals surface area contributed by atoms with Crippen molar-refractivity contribution in [2.45, 2.75) is 19.4 Å². The quantitative estimate of drug-likeness (QED) is 0.442. The summed E-state index contributed by atoms with van der Waals surface area (Å²) in [4.78, 5) is 22.6. The number of H-pyrrole nitrogens is 1. The van der Waals surface area contributed by atoms with E-state index in [0.29, 0.717) is 37.7 Å². The highest BCUT2D eigenvalue weighted by Crippen LogP contribution is 2.34. The number of aromatic amines is 1. The van der Waals surface area contributed by atoms with E-state index in [1.54, 1.807) is 6.07 Å². The zero-order valence-corrected chi connectivity index (χ0v) is 20.8.